The van der Waals surface area contributed by atoms with Crippen LogP contribution in [0.25, 0.3) is 0 Å². The Bertz CT molecular complexity index is 778. The summed E-state index contributed by atoms with van der Waals surface area (Å²) in [5.41, 5.74) is 1.71. The Morgan fingerprint density at radius 2 is 1.80 bits per heavy atom. The number of para-hydroxylation sites is 1. The fraction of sp³-hybridized carbons (Fsp3) is 0.100. The first-order valence-corrected chi connectivity index (χ1v) is 7.72. The monoisotopic (exact) mass is 336 g/mol. The molecular weight excluding hydrogens is 316 g/mol. The van der Waals surface area contributed by atoms with Crippen LogP contribution in [0.15, 0.2) is 83.1 Å². The van der Waals surface area contributed by atoms with Crippen molar-refractivity contribution in [3.05, 3.63) is 83.7 Å². The van der Waals surface area contributed by atoms with E-state index in [9.17, 15) is 9.90 Å². The molecule has 2 N–H and O–H groups in total. The van der Waals surface area contributed by atoms with Gasteiger partial charge in [-0.25, -0.2) is 4.79 Å². The molecule has 128 valence electrons. The van der Waals surface area contributed by atoms with Crippen molar-refractivity contribution >= 4 is 12.7 Å². The van der Waals surface area contributed by atoms with Crippen LogP contribution in [0.4, 0.5) is 0 Å². The van der Waals surface area contributed by atoms with Crippen LogP contribution < -0.4 is 10.1 Å². The Balaban J connectivity index is 2.00. The predicted molar refractivity (Wildman–Crippen MR) is 98.8 cm³/mol. The van der Waals surface area contributed by atoms with Crippen LogP contribution in [0.1, 0.15) is 12.5 Å². The van der Waals surface area contributed by atoms with E-state index < -0.39 is 5.97 Å². The average Bonchev–Trinajstić information content (AvgIpc) is 2.62. The summed E-state index contributed by atoms with van der Waals surface area (Å²) in [7, 11) is 0. The van der Waals surface area contributed by atoms with Crippen LogP contribution in [-0.2, 0) is 11.3 Å². The van der Waals surface area contributed by atoms with E-state index in [4.69, 9.17) is 4.74 Å². The van der Waals surface area contributed by atoms with Crippen LogP contribution in [-0.4, -0.2) is 17.8 Å². The molecule has 0 atom stereocenters. The summed E-state index contributed by atoms with van der Waals surface area (Å²) in [6, 6.07) is 17.2. The lowest BCUT2D eigenvalue weighted by Crippen LogP contribution is -2.15. The van der Waals surface area contributed by atoms with Crippen LogP contribution in [0.5, 0.6) is 11.5 Å². The second kappa shape index (κ2) is 9.08. The van der Waals surface area contributed by atoms with Gasteiger partial charge in [-0.05, 0) is 49.5 Å². The molecule has 0 amide bonds. The van der Waals surface area contributed by atoms with E-state index >= 15 is 0 Å². The maximum Gasteiger partial charge on any atom is 0.337 e. The molecule has 0 aliphatic rings. The maximum atomic E-state index is 11.2. The van der Waals surface area contributed by atoms with Crippen molar-refractivity contribution in [2.75, 3.05) is 0 Å². The number of nitrogens with one attached hydrogen (secondary N) is 1. The standard InChI is InChI=1S/C20H20N2O3/c1-15(19(20(23)24)12-13-21-2)22-14-16-8-10-18(11-9-16)25-17-6-4-3-5-7-17/h3-13,22H,2,14H2,1H3,(H,23,24)/b13-12-,19-15-. The fourth-order valence-corrected chi connectivity index (χ4v) is 2.11. The molecule has 0 radical (unpaired) electrons. The molecule has 0 saturated heterocycles. The Hall–Kier alpha value is -3.34. The van der Waals surface area contributed by atoms with E-state index in [0.29, 0.717) is 12.2 Å². The number of aliphatic imine (C=N–C) groups is 1. The molecule has 0 bridgehead atoms. The minimum atomic E-state index is -1.02. The number of carbonyl (C=O) groups is 1. The number of ether oxygens (including phenoxy) is 1. The normalized spacial score (nSPS) is 11.7. The van der Waals surface area contributed by atoms with E-state index in [0.717, 1.165) is 17.1 Å². The molecule has 5 nitrogen and oxygen atoms in total. The summed E-state index contributed by atoms with van der Waals surface area (Å²) in [4.78, 5) is 14.8. The van der Waals surface area contributed by atoms with Crippen molar-refractivity contribution in [2.24, 2.45) is 4.99 Å². The van der Waals surface area contributed by atoms with Gasteiger partial charge in [-0.3, -0.25) is 4.99 Å². The molecule has 2 aromatic carbocycles. The van der Waals surface area contributed by atoms with Gasteiger partial charge in [0.05, 0.1) is 5.57 Å². The third-order valence-corrected chi connectivity index (χ3v) is 3.44. The molecule has 5 heteroatoms. The number of benzene rings is 2. The number of aliphatic carboxylic acids is 1. The highest BCUT2D eigenvalue weighted by Crippen LogP contribution is 2.21. The van der Waals surface area contributed by atoms with Crippen LogP contribution in [0.3, 0.4) is 0 Å². The molecule has 0 aliphatic carbocycles. The van der Waals surface area contributed by atoms with E-state index in [1.54, 1.807) is 6.92 Å². The summed E-state index contributed by atoms with van der Waals surface area (Å²) in [6.07, 6.45) is 2.76. The highest BCUT2D eigenvalue weighted by atomic mass is 16.5. The van der Waals surface area contributed by atoms with Gasteiger partial charge in [0, 0.05) is 18.4 Å². The molecule has 0 heterocycles. The summed E-state index contributed by atoms with van der Waals surface area (Å²) in [5, 5.41) is 12.3. The minimum Gasteiger partial charge on any atom is -0.478 e. The van der Waals surface area contributed by atoms with Gasteiger partial charge in [0.2, 0.25) is 0 Å². The summed E-state index contributed by atoms with van der Waals surface area (Å²) in [6.45, 7) is 5.51. The maximum absolute atomic E-state index is 11.2. The van der Waals surface area contributed by atoms with Gasteiger partial charge in [0.15, 0.2) is 0 Å². The number of allylic oxidation sites excluding steroid dienone is 1. The van der Waals surface area contributed by atoms with E-state index in [1.807, 2.05) is 54.6 Å². The zero-order valence-corrected chi connectivity index (χ0v) is 14.0. The molecule has 0 unspecified atom stereocenters. The Morgan fingerprint density at radius 1 is 1.16 bits per heavy atom. The first-order valence-electron chi connectivity index (χ1n) is 7.72. The first-order chi connectivity index (χ1) is 12.1. The lowest BCUT2D eigenvalue weighted by atomic mass is 10.2. The summed E-state index contributed by atoms with van der Waals surface area (Å²) in [5.74, 6) is 0.505. The molecule has 2 rings (SSSR count). The van der Waals surface area contributed by atoms with Gasteiger partial charge in [-0.15, -0.1) is 0 Å². The van der Waals surface area contributed by atoms with Crippen molar-refractivity contribution in [1.82, 2.24) is 5.32 Å². The lowest BCUT2D eigenvalue weighted by Gasteiger charge is -2.10. The summed E-state index contributed by atoms with van der Waals surface area (Å²) < 4.78 is 5.74. The largest absolute Gasteiger partial charge is 0.478 e. The van der Waals surface area contributed by atoms with Crippen molar-refractivity contribution in [3.8, 4) is 11.5 Å². The number of carboxylic acid groups (broad SMARTS) is 1. The van der Waals surface area contributed by atoms with Crippen molar-refractivity contribution in [1.29, 1.82) is 0 Å². The van der Waals surface area contributed by atoms with Crippen LogP contribution in [0, 0.1) is 0 Å². The lowest BCUT2D eigenvalue weighted by molar-refractivity contribution is -0.132. The van der Waals surface area contributed by atoms with Gasteiger partial charge in [-0.1, -0.05) is 30.3 Å². The van der Waals surface area contributed by atoms with Gasteiger partial charge in [0.1, 0.15) is 11.5 Å². The van der Waals surface area contributed by atoms with E-state index in [1.165, 1.54) is 12.3 Å². The summed E-state index contributed by atoms with van der Waals surface area (Å²) >= 11 is 0. The highest BCUT2D eigenvalue weighted by molar-refractivity contribution is 5.90. The first kappa shape index (κ1) is 18.0. The SMILES string of the molecule is C=N/C=C\C(C(=O)O)=C(/C)NCc1ccc(Oc2ccccc2)cc1. The van der Waals surface area contributed by atoms with Crippen molar-refractivity contribution in [3.63, 3.8) is 0 Å². The topological polar surface area (TPSA) is 70.9 Å². The number of nitrogens with zero attached hydrogens (tertiary/aromatic N) is 1. The molecule has 0 aromatic heterocycles. The van der Waals surface area contributed by atoms with Gasteiger partial charge < -0.3 is 15.2 Å². The fourth-order valence-electron chi connectivity index (χ4n) is 2.11. The molecule has 0 fully saturated rings. The zero-order valence-electron chi connectivity index (χ0n) is 14.0. The highest BCUT2D eigenvalue weighted by Gasteiger charge is 2.08. The van der Waals surface area contributed by atoms with Crippen molar-refractivity contribution < 1.29 is 14.6 Å². The molecule has 0 saturated carbocycles. The molecule has 25 heavy (non-hydrogen) atoms. The van der Waals surface area contributed by atoms with Gasteiger partial charge in [-0.2, -0.15) is 0 Å². The van der Waals surface area contributed by atoms with Crippen LogP contribution in [0.2, 0.25) is 0 Å². The second-order valence-corrected chi connectivity index (χ2v) is 5.25. The van der Waals surface area contributed by atoms with E-state index in [2.05, 4.69) is 17.0 Å². The Labute approximate surface area is 147 Å². The third kappa shape index (κ3) is 5.66. The quantitative estimate of drug-likeness (QED) is 0.432. The number of hydrogen-bond donors (Lipinski definition) is 2. The number of rotatable bonds is 8. The predicted octanol–water partition coefficient (Wildman–Crippen LogP) is 4.14. The number of hydrogen-bond acceptors (Lipinski definition) is 4. The second-order valence-electron chi connectivity index (χ2n) is 5.25. The Kier molecular flexibility index (Phi) is 6.54. The third-order valence-electron chi connectivity index (χ3n) is 3.44. The van der Waals surface area contributed by atoms with E-state index in [-0.39, 0.29) is 5.57 Å². The molecule has 0 aliphatic heterocycles. The van der Waals surface area contributed by atoms with Crippen molar-refractivity contribution in [2.45, 2.75) is 13.5 Å². The Morgan fingerprint density at radius 3 is 2.40 bits per heavy atom. The smallest absolute Gasteiger partial charge is 0.337 e. The number of carboxylic acids is 1. The van der Waals surface area contributed by atoms with Crippen LogP contribution >= 0.6 is 0 Å². The van der Waals surface area contributed by atoms with Gasteiger partial charge >= 0.3 is 5.97 Å². The molecular formula is C20H20N2O3. The molecule has 2 aromatic rings. The average molecular weight is 336 g/mol. The molecule has 0 spiro atoms. The minimum absolute atomic E-state index is 0.149. The zero-order chi connectivity index (χ0) is 18.1. The van der Waals surface area contributed by atoms with Gasteiger partial charge in [0.25, 0.3) is 0 Å².